The van der Waals surface area contributed by atoms with Crippen LogP contribution in [0.15, 0.2) is 40.9 Å². The van der Waals surface area contributed by atoms with E-state index in [0.29, 0.717) is 6.04 Å². The van der Waals surface area contributed by atoms with Crippen LogP contribution in [-0.4, -0.2) is 58.5 Å². The van der Waals surface area contributed by atoms with Crippen LogP contribution in [0.5, 0.6) is 17.2 Å². The number of rotatable bonds is 7. The molecule has 2 aliphatic rings. The van der Waals surface area contributed by atoms with Gasteiger partial charge in [0, 0.05) is 35.7 Å². The molecule has 0 bridgehead atoms. The van der Waals surface area contributed by atoms with E-state index in [1.165, 1.54) is 55.2 Å². The molecule has 0 saturated carbocycles. The van der Waals surface area contributed by atoms with Crippen LogP contribution in [0.4, 0.5) is 5.69 Å². The van der Waals surface area contributed by atoms with Gasteiger partial charge in [0.2, 0.25) is 0 Å². The summed E-state index contributed by atoms with van der Waals surface area (Å²) in [6.45, 7) is 4.46. The Labute approximate surface area is 200 Å². The molecule has 32 heavy (non-hydrogen) atoms. The van der Waals surface area contributed by atoms with Crippen molar-refractivity contribution in [3.63, 3.8) is 0 Å². The van der Waals surface area contributed by atoms with E-state index in [0.717, 1.165) is 41.9 Å². The normalized spacial score (nSPS) is 18.6. The number of halogens is 1. The number of benzene rings is 2. The van der Waals surface area contributed by atoms with Crippen molar-refractivity contribution in [2.45, 2.75) is 38.1 Å². The summed E-state index contributed by atoms with van der Waals surface area (Å²) >= 11 is 3.71. The van der Waals surface area contributed by atoms with E-state index >= 15 is 0 Å². The van der Waals surface area contributed by atoms with E-state index in [4.69, 9.17) is 14.2 Å². The third-order valence-electron chi connectivity index (χ3n) is 7.10. The fourth-order valence-electron chi connectivity index (χ4n) is 5.25. The molecule has 174 valence electrons. The lowest BCUT2D eigenvalue weighted by Gasteiger charge is -2.42. The Kier molecular flexibility index (Phi) is 7.84. The summed E-state index contributed by atoms with van der Waals surface area (Å²) in [6.07, 6.45) is 6.12. The summed E-state index contributed by atoms with van der Waals surface area (Å²) in [7, 11) is 5.09. The van der Waals surface area contributed by atoms with Crippen molar-refractivity contribution in [2.24, 2.45) is 5.92 Å². The Bertz CT molecular complexity index is 865. The molecule has 0 spiro atoms. The lowest BCUT2D eigenvalue weighted by Crippen LogP contribution is -2.48. The minimum Gasteiger partial charge on any atom is -0.496 e. The molecule has 0 aliphatic carbocycles. The molecule has 6 heteroatoms. The van der Waals surface area contributed by atoms with Crippen LogP contribution in [0.2, 0.25) is 0 Å². The Morgan fingerprint density at radius 2 is 1.47 bits per heavy atom. The van der Waals surface area contributed by atoms with Crippen molar-refractivity contribution < 1.29 is 14.2 Å². The highest BCUT2D eigenvalue weighted by Gasteiger charge is 2.30. The summed E-state index contributed by atoms with van der Waals surface area (Å²) in [6, 6.07) is 13.2. The highest BCUT2D eigenvalue weighted by atomic mass is 79.9. The first-order chi connectivity index (χ1) is 15.6. The van der Waals surface area contributed by atoms with Crippen molar-refractivity contribution in [1.29, 1.82) is 0 Å². The lowest BCUT2D eigenvalue weighted by molar-refractivity contribution is 0.115. The third-order valence-corrected chi connectivity index (χ3v) is 7.88. The van der Waals surface area contributed by atoms with Gasteiger partial charge < -0.3 is 24.0 Å². The Morgan fingerprint density at radius 1 is 0.844 bits per heavy atom. The average Bonchev–Trinajstić information content (AvgIpc) is 2.85. The molecule has 5 nitrogen and oxygen atoms in total. The standard InChI is InChI=1S/C26H35BrN2O3/c1-30-22-17-24(31-2)26(25(18-22)32-3)29-14-10-21(11-15-29)28-12-8-19(9-13-28)16-20-6-4-5-7-23(20)27/h4-7,17-19,21H,8-16H2,1-3H3. The van der Waals surface area contributed by atoms with Gasteiger partial charge >= 0.3 is 0 Å². The SMILES string of the molecule is COc1cc(OC)c(N2CCC(N3CCC(Cc4ccccc4Br)CC3)CC2)c(OC)c1. The molecule has 4 rings (SSSR count). The van der Waals surface area contributed by atoms with Crippen LogP contribution in [0.1, 0.15) is 31.2 Å². The number of piperidine rings is 2. The van der Waals surface area contributed by atoms with Crippen LogP contribution in [0, 0.1) is 5.92 Å². The minimum absolute atomic E-state index is 0.672. The van der Waals surface area contributed by atoms with Crippen molar-refractivity contribution >= 4 is 21.6 Å². The maximum absolute atomic E-state index is 5.68. The maximum Gasteiger partial charge on any atom is 0.149 e. The van der Waals surface area contributed by atoms with Crippen molar-refractivity contribution in [1.82, 2.24) is 4.90 Å². The van der Waals surface area contributed by atoms with Gasteiger partial charge in [-0.05, 0) is 62.7 Å². The number of hydrogen-bond acceptors (Lipinski definition) is 5. The molecular weight excluding hydrogens is 468 g/mol. The van der Waals surface area contributed by atoms with E-state index in [9.17, 15) is 0 Å². The second-order valence-corrected chi connectivity index (χ2v) is 9.73. The fourth-order valence-corrected chi connectivity index (χ4v) is 5.70. The zero-order valence-corrected chi connectivity index (χ0v) is 21.1. The Morgan fingerprint density at radius 3 is 2.03 bits per heavy atom. The van der Waals surface area contributed by atoms with Gasteiger partial charge in [-0.1, -0.05) is 34.1 Å². The maximum atomic E-state index is 5.68. The molecule has 2 aliphatic heterocycles. The molecule has 2 aromatic rings. The van der Waals surface area contributed by atoms with Crippen molar-refractivity contribution in [3.05, 3.63) is 46.4 Å². The van der Waals surface area contributed by atoms with Crippen LogP contribution in [0.25, 0.3) is 0 Å². The number of hydrogen-bond donors (Lipinski definition) is 0. The molecule has 0 unspecified atom stereocenters. The van der Waals surface area contributed by atoms with E-state index < -0.39 is 0 Å². The van der Waals surface area contributed by atoms with Gasteiger partial charge in [0.1, 0.15) is 22.9 Å². The first-order valence-corrected chi connectivity index (χ1v) is 12.4. The first kappa shape index (κ1) is 23.2. The summed E-state index contributed by atoms with van der Waals surface area (Å²) in [5.74, 6) is 3.17. The largest absolute Gasteiger partial charge is 0.496 e. The molecule has 2 saturated heterocycles. The molecule has 2 heterocycles. The van der Waals surface area contributed by atoms with Crippen LogP contribution >= 0.6 is 15.9 Å². The number of methoxy groups -OCH3 is 3. The number of ether oxygens (including phenoxy) is 3. The Hall–Kier alpha value is -1.92. The molecule has 0 aromatic heterocycles. The number of likely N-dealkylation sites (tertiary alicyclic amines) is 1. The van der Waals surface area contributed by atoms with Crippen LogP contribution < -0.4 is 19.1 Å². The quantitative estimate of drug-likeness (QED) is 0.506. The summed E-state index contributed by atoms with van der Waals surface area (Å²) in [4.78, 5) is 5.14. The third kappa shape index (κ3) is 5.18. The van der Waals surface area contributed by atoms with E-state index in [-0.39, 0.29) is 0 Å². The molecular formula is C26H35BrN2O3. The molecule has 2 fully saturated rings. The van der Waals surface area contributed by atoms with Gasteiger partial charge in [-0.2, -0.15) is 0 Å². The summed E-state index contributed by atoms with van der Waals surface area (Å²) in [5.41, 5.74) is 2.49. The second kappa shape index (κ2) is 10.8. The van der Waals surface area contributed by atoms with Crippen LogP contribution in [0.3, 0.4) is 0 Å². The van der Waals surface area contributed by atoms with Gasteiger partial charge in [0.15, 0.2) is 0 Å². The molecule has 2 aromatic carbocycles. The zero-order chi connectivity index (χ0) is 22.5. The molecule has 0 amide bonds. The predicted molar refractivity (Wildman–Crippen MR) is 133 cm³/mol. The van der Waals surface area contributed by atoms with Gasteiger partial charge in [0.25, 0.3) is 0 Å². The first-order valence-electron chi connectivity index (χ1n) is 11.6. The van der Waals surface area contributed by atoms with Crippen LogP contribution in [-0.2, 0) is 6.42 Å². The number of nitrogens with zero attached hydrogens (tertiary/aromatic N) is 2. The number of anilines is 1. The van der Waals surface area contributed by atoms with Gasteiger partial charge in [-0.15, -0.1) is 0 Å². The fraction of sp³-hybridized carbons (Fsp3) is 0.538. The minimum atomic E-state index is 0.672. The van der Waals surface area contributed by atoms with Gasteiger partial charge in [0.05, 0.1) is 21.3 Å². The highest BCUT2D eigenvalue weighted by molar-refractivity contribution is 9.10. The highest BCUT2D eigenvalue weighted by Crippen LogP contribution is 2.43. The topological polar surface area (TPSA) is 34.2 Å². The summed E-state index contributed by atoms with van der Waals surface area (Å²) in [5, 5.41) is 0. The average molecular weight is 503 g/mol. The molecule has 0 atom stereocenters. The smallest absolute Gasteiger partial charge is 0.149 e. The Balaban J connectivity index is 1.33. The summed E-state index contributed by atoms with van der Waals surface area (Å²) < 4.78 is 18.0. The molecule has 0 N–H and O–H groups in total. The lowest BCUT2D eigenvalue weighted by atomic mass is 9.88. The second-order valence-electron chi connectivity index (χ2n) is 8.87. The zero-order valence-electron chi connectivity index (χ0n) is 19.5. The van der Waals surface area contributed by atoms with E-state index in [1.54, 1.807) is 21.3 Å². The van der Waals surface area contributed by atoms with Gasteiger partial charge in [-0.25, -0.2) is 0 Å². The van der Waals surface area contributed by atoms with Gasteiger partial charge in [-0.3, -0.25) is 0 Å². The molecule has 0 radical (unpaired) electrons. The van der Waals surface area contributed by atoms with Crippen molar-refractivity contribution in [2.75, 3.05) is 52.4 Å². The monoisotopic (exact) mass is 502 g/mol. The van der Waals surface area contributed by atoms with Crippen molar-refractivity contribution in [3.8, 4) is 17.2 Å². The van der Waals surface area contributed by atoms with E-state index in [2.05, 4.69) is 50.0 Å². The van der Waals surface area contributed by atoms with E-state index in [1.807, 2.05) is 12.1 Å². The predicted octanol–water partition coefficient (Wildman–Crippen LogP) is 5.40.